The number of rotatable bonds is 4. The standard InChI is InChI=1S/C16H21Br2NO2/c1-8(2)19(9(3)4)16(21)13-14(17)11(10-5-6-10)7-12(20)15(13)18/h7-10,20H,5-6H2,1-4H3. The van der Waals surface area contributed by atoms with E-state index in [0.717, 1.165) is 22.9 Å². The van der Waals surface area contributed by atoms with Gasteiger partial charge in [0.2, 0.25) is 0 Å². The lowest BCUT2D eigenvalue weighted by Gasteiger charge is -2.32. The number of halogens is 2. The summed E-state index contributed by atoms with van der Waals surface area (Å²) in [6.45, 7) is 8.02. The Morgan fingerprint density at radius 3 is 2.14 bits per heavy atom. The number of nitrogens with zero attached hydrogens (tertiary/aromatic N) is 1. The second-order valence-corrected chi connectivity index (χ2v) is 7.75. The fourth-order valence-corrected chi connectivity index (χ4v) is 4.27. The zero-order valence-corrected chi connectivity index (χ0v) is 16.0. The maximum Gasteiger partial charge on any atom is 0.256 e. The first-order chi connectivity index (χ1) is 9.75. The third-order valence-electron chi connectivity index (χ3n) is 3.79. The molecular formula is C16H21Br2NO2. The number of benzene rings is 1. The van der Waals surface area contributed by atoms with Crippen molar-refractivity contribution >= 4 is 37.8 Å². The van der Waals surface area contributed by atoms with Gasteiger partial charge in [-0.2, -0.15) is 0 Å². The molecule has 1 aromatic carbocycles. The maximum atomic E-state index is 13.0. The van der Waals surface area contributed by atoms with Crippen molar-refractivity contribution < 1.29 is 9.90 Å². The van der Waals surface area contributed by atoms with Crippen LogP contribution in [0.1, 0.15) is 62.4 Å². The quantitative estimate of drug-likeness (QED) is 0.742. The van der Waals surface area contributed by atoms with E-state index < -0.39 is 0 Å². The summed E-state index contributed by atoms with van der Waals surface area (Å²) in [5, 5.41) is 10.2. The van der Waals surface area contributed by atoms with Crippen molar-refractivity contribution in [2.24, 2.45) is 0 Å². The summed E-state index contributed by atoms with van der Waals surface area (Å²) in [6.07, 6.45) is 2.23. The molecule has 1 amide bonds. The summed E-state index contributed by atoms with van der Waals surface area (Å²) >= 11 is 6.96. The first-order valence-electron chi connectivity index (χ1n) is 7.29. The SMILES string of the molecule is CC(C)N(C(=O)c1c(Br)c(O)cc(C2CC2)c1Br)C(C)C. The number of carbonyl (C=O) groups excluding carboxylic acids is 1. The van der Waals surface area contributed by atoms with Gasteiger partial charge in [0.15, 0.2) is 0 Å². The molecule has 116 valence electrons. The number of hydrogen-bond donors (Lipinski definition) is 1. The van der Waals surface area contributed by atoms with Crippen LogP contribution < -0.4 is 0 Å². The van der Waals surface area contributed by atoms with Crippen LogP contribution in [0.5, 0.6) is 5.75 Å². The van der Waals surface area contributed by atoms with E-state index in [1.165, 1.54) is 0 Å². The number of phenols is 1. The zero-order chi connectivity index (χ0) is 15.9. The summed E-state index contributed by atoms with van der Waals surface area (Å²) in [6, 6.07) is 1.96. The highest BCUT2D eigenvalue weighted by atomic mass is 79.9. The molecule has 3 nitrogen and oxygen atoms in total. The van der Waals surface area contributed by atoms with Crippen molar-refractivity contribution in [3.63, 3.8) is 0 Å². The van der Waals surface area contributed by atoms with E-state index in [0.29, 0.717) is 16.0 Å². The molecule has 21 heavy (non-hydrogen) atoms. The van der Waals surface area contributed by atoms with E-state index in [1.807, 2.05) is 32.6 Å². The molecule has 0 aromatic heterocycles. The molecule has 2 rings (SSSR count). The fourth-order valence-electron chi connectivity index (χ4n) is 2.72. The van der Waals surface area contributed by atoms with Gasteiger partial charge in [0.05, 0.1) is 10.0 Å². The lowest BCUT2D eigenvalue weighted by molar-refractivity contribution is 0.0641. The lowest BCUT2D eigenvalue weighted by atomic mass is 10.0. The van der Waals surface area contributed by atoms with Crippen LogP contribution in [0.2, 0.25) is 0 Å². The van der Waals surface area contributed by atoms with Crippen LogP contribution in [0.25, 0.3) is 0 Å². The predicted octanol–water partition coefficient (Wildman–Crippen LogP) is 5.05. The van der Waals surface area contributed by atoms with Crippen LogP contribution in [0, 0.1) is 0 Å². The molecule has 0 spiro atoms. The van der Waals surface area contributed by atoms with Crippen LogP contribution in [0.3, 0.4) is 0 Å². The molecule has 0 atom stereocenters. The smallest absolute Gasteiger partial charge is 0.256 e. The van der Waals surface area contributed by atoms with Crippen LogP contribution in [-0.4, -0.2) is 28.0 Å². The minimum atomic E-state index is -0.0587. The fraction of sp³-hybridized carbons (Fsp3) is 0.562. The molecule has 1 fully saturated rings. The average molecular weight is 419 g/mol. The molecule has 0 unspecified atom stereocenters. The topological polar surface area (TPSA) is 40.5 Å². The van der Waals surface area contributed by atoms with Crippen molar-refractivity contribution in [1.82, 2.24) is 4.90 Å². The molecule has 0 aliphatic heterocycles. The normalized spacial score (nSPS) is 14.9. The molecule has 1 aromatic rings. The number of aromatic hydroxyl groups is 1. The summed E-state index contributed by atoms with van der Waals surface area (Å²) in [5.41, 5.74) is 1.56. The third kappa shape index (κ3) is 3.29. The third-order valence-corrected chi connectivity index (χ3v) is 5.44. The molecule has 0 heterocycles. The Kier molecular flexibility index (Phi) is 5.03. The number of phenolic OH excluding ortho intramolecular Hbond substituents is 1. The monoisotopic (exact) mass is 417 g/mol. The Labute approximate surface area is 143 Å². The van der Waals surface area contributed by atoms with Gasteiger partial charge in [0.25, 0.3) is 5.91 Å². The van der Waals surface area contributed by atoms with Gasteiger partial charge in [-0.1, -0.05) is 0 Å². The van der Waals surface area contributed by atoms with Gasteiger partial charge in [-0.25, -0.2) is 0 Å². The van der Waals surface area contributed by atoms with Gasteiger partial charge in [-0.05, 0) is 89.9 Å². The van der Waals surface area contributed by atoms with Gasteiger partial charge < -0.3 is 10.0 Å². The molecule has 1 N–H and O–H groups in total. The van der Waals surface area contributed by atoms with Crippen molar-refractivity contribution in [1.29, 1.82) is 0 Å². The Hall–Kier alpha value is -0.550. The molecule has 5 heteroatoms. The van der Waals surface area contributed by atoms with Crippen LogP contribution >= 0.6 is 31.9 Å². The van der Waals surface area contributed by atoms with Gasteiger partial charge in [0.1, 0.15) is 5.75 Å². The van der Waals surface area contributed by atoms with Crippen LogP contribution in [0.15, 0.2) is 15.0 Å². The van der Waals surface area contributed by atoms with E-state index in [1.54, 1.807) is 6.07 Å². The predicted molar refractivity (Wildman–Crippen MR) is 91.9 cm³/mol. The van der Waals surface area contributed by atoms with Gasteiger partial charge in [0, 0.05) is 16.6 Å². The summed E-state index contributed by atoms with van der Waals surface area (Å²) in [7, 11) is 0. The van der Waals surface area contributed by atoms with E-state index in [9.17, 15) is 9.90 Å². The van der Waals surface area contributed by atoms with Gasteiger partial charge in [-0.3, -0.25) is 4.79 Å². The number of hydrogen-bond acceptors (Lipinski definition) is 2. The minimum absolute atomic E-state index is 0.0587. The summed E-state index contributed by atoms with van der Waals surface area (Å²) in [4.78, 5) is 14.8. The summed E-state index contributed by atoms with van der Waals surface area (Å²) in [5.74, 6) is 0.531. The van der Waals surface area contributed by atoms with E-state index in [4.69, 9.17) is 0 Å². The highest BCUT2D eigenvalue weighted by molar-refractivity contribution is 9.11. The minimum Gasteiger partial charge on any atom is -0.507 e. The largest absolute Gasteiger partial charge is 0.507 e. The molecule has 1 aliphatic carbocycles. The van der Waals surface area contributed by atoms with Crippen molar-refractivity contribution in [2.75, 3.05) is 0 Å². The molecule has 0 radical (unpaired) electrons. The molecule has 0 saturated heterocycles. The average Bonchev–Trinajstić information content (AvgIpc) is 3.17. The molecule has 1 saturated carbocycles. The summed E-state index contributed by atoms with van der Waals surface area (Å²) < 4.78 is 1.28. The highest BCUT2D eigenvalue weighted by Gasteiger charge is 2.32. The first-order valence-corrected chi connectivity index (χ1v) is 8.87. The zero-order valence-electron chi connectivity index (χ0n) is 12.8. The van der Waals surface area contributed by atoms with Crippen molar-refractivity contribution in [3.05, 3.63) is 26.1 Å². The molecule has 0 bridgehead atoms. The Balaban J connectivity index is 2.54. The lowest BCUT2D eigenvalue weighted by Crippen LogP contribution is -2.42. The maximum absolute atomic E-state index is 13.0. The van der Waals surface area contributed by atoms with Crippen molar-refractivity contribution in [2.45, 2.75) is 58.5 Å². The molecular weight excluding hydrogens is 398 g/mol. The van der Waals surface area contributed by atoms with Crippen LogP contribution in [0.4, 0.5) is 0 Å². The number of amides is 1. The Bertz CT molecular complexity index is 558. The second kappa shape index (κ2) is 6.29. The number of carbonyl (C=O) groups is 1. The van der Waals surface area contributed by atoms with E-state index >= 15 is 0 Å². The van der Waals surface area contributed by atoms with Gasteiger partial charge in [-0.15, -0.1) is 0 Å². The van der Waals surface area contributed by atoms with Crippen LogP contribution in [-0.2, 0) is 0 Å². The van der Waals surface area contributed by atoms with Gasteiger partial charge >= 0.3 is 0 Å². The Morgan fingerprint density at radius 2 is 1.71 bits per heavy atom. The van der Waals surface area contributed by atoms with E-state index in [-0.39, 0.29) is 23.7 Å². The highest BCUT2D eigenvalue weighted by Crippen LogP contribution is 2.48. The Morgan fingerprint density at radius 1 is 1.19 bits per heavy atom. The van der Waals surface area contributed by atoms with E-state index in [2.05, 4.69) is 31.9 Å². The second-order valence-electron chi connectivity index (χ2n) is 6.16. The first kappa shape index (κ1) is 16.8. The molecule has 1 aliphatic rings. The van der Waals surface area contributed by atoms with Crippen molar-refractivity contribution in [3.8, 4) is 5.75 Å².